The van der Waals surface area contributed by atoms with Gasteiger partial charge in [0.05, 0.1) is 11.6 Å². The summed E-state index contributed by atoms with van der Waals surface area (Å²) in [6.45, 7) is 4.42. The molecular weight excluding hydrogens is 263 g/mol. The van der Waals surface area contributed by atoms with E-state index in [-0.39, 0.29) is 11.4 Å². The first-order valence-corrected chi connectivity index (χ1v) is 6.95. The third-order valence-electron chi connectivity index (χ3n) is 2.96. The number of thiazole rings is 1. The zero-order chi connectivity index (χ0) is 13.9. The number of nitrogens with zero attached hydrogens (tertiary/aromatic N) is 1. The Balaban J connectivity index is 1.97. The molecule has 0 saturated carbocycles. The van der Waals surface area contributed by atoms with Crippen LogP contribution in [-0.2, 0) is 5.54 Å². The van der Waals surface area contributed by atoms with Crippen molar-refractivity contribution < 1.29 is 9.50 Å². The van der Waals surface area contributed by atoms with Gasteiger partial charge in [-0.25, -0.2) is 9.37 Å². The fourth-order valence-corrected chi connectivity index (χ4v) is 2.50. The number of benzene rings is 1. The monoisotopic (exact) mass is 280 g/mol. The highest BCUT2D eigenvalue weighted by molar-refractivity contribution is 7.09. The van der Waals surface area contributed by atoms with Crippen molar-refractivity contribution in [3.05, 3.63) is 52.2 Å². The van der Waals surface area contributed by atoms with Crippen LogP contribution >= 0.6 is 11.3 Å². The molecule has 1 aromatic heterocycles. The zero-order valence-electron chi connectivity index (χ0n) is 10.9. The van der Waals surface area contributed by atoms with E-state index < -0.39 is 6.10 Å². The summed E-state index contributed by atoms with van der Waals surface area (Å²) < 4.78 is 12.8. The van der Waals surface area contributed by atoms with Crippen LogP contribution in [-0.4, -0.2) is 16.6 Å². The fourth-order valence-electron chi connectivity index (χ4n) is 1.76. The molecule has 1 unspecified atom stereocenters. The van der Waals surface area contributed by atoms with Crippen LogP contribution in [0.25, 0.3) is 0 Å². The Bertz CT molecular complexity index is 511. The van der Waals surface area contributed by atoms with Gasteiger partial charge in [-0.05, 0) is 31.5 Å². The van der Waals surface area contributed by atoms with E-state index in [9.17, 15) is 9.50 Å². The number of rotatable bonds is 5. The first kappa shape index (κ1) is 14.1. The largest absolute Gasteiger partial charge is 0.387 e. The maximum atomic E-state index is 12.8. The quantitative estimate of drug-likeness (QED) is 0.885. The molecule has 0 aliphatic heterocycles. The van der Waals surface area contributed by atoms with E-state index >= 15 is 0 Å². The van der Waals surface area contributed by atoms with Crippen molar-refractivity contribution in [1.82, 2.24) is 10.3 Å². The summed E-state index contributed by atoms with van der Waals surface area (Å²) in [4.78, 5) is 4.28. The summed E-state index contributed by atoms with van der Waals surface area (Å²) >= 11 is 1.57. The van der Waals surface area contributed by atoms with Crippen molar-refractivity contribution in [2.24, 2.45) is 0 Å². The van der Waals surface area contributed by atoms with Gasteiger partial charge in [-0.1, -0.05) is 12.1 Å². The number of halogens is 1. The molecule has 0 spiro atoms. The summed E-state index contributed by atoms with van der Waals surface area (Å²) in [7, 11) is 0. The number of aliphatic hydroxyl groups excluding tert-OH is 1. The van der Waals surface area contributed by atoms with Gasteiger partial charge in [0.1, 0.15) is 10.8 Å². The van der Waals surface area contributed by atoms with E-state index in [1.54, 1.807) is 29.7 Å². The first-order valence-electron chi connectivity index (χ1n) is 6.07. The van der Waals surface area contributed by atoms with Crippen LogP contribution in [0.5, 0.6) is 0 Å². The van der Waals surface area contributed by atoms with Crippen LogP contribution in [0, 0.1) is 5.82 Å². The van der Waals surface area contributed by atoms with Gasteiger partial charge >= 0.3 is 0 Å². The van der Waals surface area contributed by atoms with Crippen molar-refractivity contribution in [3.8, 4) is 0 Å². The Morgan fingerprint density at radius 1 is 1.37 bits per heavy atom. The van der Waals surface area contributed by atoms with Gasteiger partial charge in [0.15, 0.2) is 0 Å². The van der Waals surface area contributed by atoms with Crippen LogP contribution in [0.2, 0.25) is 0 Å². The molecule has 102 valence electrons. The molecule has 3 nitrogen and oxygen atoms in total. The van der Waals surface area contributed by atoms with Crippen LogP contribution < -0.4 is 5.32 Å². The molecule has 19 heavy (non-hydrogen) atoms. The lowest BCUT2D eigenvalue weighted by atomic mass is 10.0. The van der Waals surface area contributed by atoms with E-state index in [2.05, 4.69) is 10.3 Å². The van der Waals surface area contributed by atoms with E-state index in [0.717, 1.165) is 5.01 Å². The zero-order valence-corrected chi connectivity index (χ0v) is 11.7. The molecule has 2 N–H and O–H groups in total. The average molecular weight is 280 g/mol. The maximum absolute atomic E-state index is 12.8. The van der Waals surface area contributed by atoms with Crippen LogP contribution in [0.1, 0.15) is 30.5 Å². The third kappa shape index (κ3) is 3.59. The SMILES string of the molecule is CC(C)(NCC(O)c1ccc(F)cc1)c1nccs1. The Hall–Kier alpha value is -1.30. The Kier molecular flexibility index (Phi) is 4.29. The van der Waals surface area contributed by atoms with Crippen LogP contribution in [0.3, 0.4) is 0 Å². The summed E-state index contributed by atoms with van der Waals surface area (Å²) in [5.41, 5.74) is 0.402. The number of nitrogens with one attached hydrogen (secondary N) is 1. The van der Waals surface area contributed by atoms with Crippen LogP contribution in [0.4, 0.5) is 4.39 Å². The average Bonchev–Trinajstić information content (AvgIpc) is 2.91. The Labute approximate surface area is 116 Å². The maximum Gasteiger partial charge on any atom is 0.123 e. The second-order valence-electron chi connectivity index (χ2n) is 4.91. The van der Waals surface area contributed by atoms with Crippen molar-refractivity contribution in [1.29, 1.82) is 0 Å². The molecule has 0 amide bonds. The number of hydrogen-bond donors (Lipinski definition) is 2. The molecule has 2 aromatic rings. The summed E-state index contributed by atoms with van der Waals surface area (Å²) in [5.74, 6) is -0.299. The molecular formula is C14H17FN2OS. The Morgan fingerprint density at radius 3 is 2.63 bits per heavy atom. The molecule has 2 rings (SSSR count). The van der Waals surface area contributed by atoms with E-state index in [1.807, 2.05) is 19.2 Å². The predicted octanol–water partition coefficient (Wildman–Crippen LogP) is 2.84. The predicted molar refractivity (Wildman–Crippen MR) is 74.5 cm³/mol. The van der Waals surface area contributed by atoms with Crippen molar-refractivity contribution in [2.45, 2.75) is 25.5 Å². The van der Waals surface area contributed by atoms with Crippen LogP contribution in [0.15, 0.2) is 35.8 Å². The highest BCUT2D eigenvalue weighted by Gasteiger charge is 2.23. The minimum Gasteiger partial charge on any atom is -0.387 e. The number of hydrogen-bond acceptors (Lipinski definition) is 4. The summed E-state index contributed by atoms with van der Waals surface area (Å²) in [6, 6.07) is 5.89. The minimum absolute atomic E-state index is 0.296. The molecule has 1 heterocycles. The first-order chi connectivity index (χ1) is 8.99. The smallest absolute Gasteiger partial charge is 0.123 e. The second kappa shape index (κ2) is 5.77. The van der Waals surface area contributed by atoms with Crippen molar-refractivity contribution in [3.63, 3.8) is 0 Å². The molecule has 0 aliphatic rings. The van der Waals surface area contributed by atoms with Gasteiger partial charge in [0.25, 0.3) is 0 Å². The lowest BCUT2D eigenvalue weighted by Crippen LogP contribution is -2.39. The van der Waals surface area contributed by atoms with Gasteiger partial charge < -0.3 is 10.4 Å². The topological polar surface area (TPSA) is 45.1 Å². The lowest BCUT2D eigenvalue weighted by molar-refractivity contribution is 0.161. The lowest BCUT2D eigenvalue weighted by Gasteiger charge is -2.25. The molecule has 0 fully saturated rings. The summed E-state index contributed by atoms with van der Waals surface area (Å²) in [6.07, 6.45) is 1.10. The third-order valence-corrected chi connectivity index (χ3v) is 4.06. The standard InChI is InChI=1S/C14H17FN2OS/c1-14(2,13-16-7-8-19-13)17-9-12(18)10-3-5-11(15)6-4-10/h3-8,12,17-18H,9H2,1-2H3. The normalized spacial score (nSPS) is 13.5. The molecule has 5 heteroatoms. The number of aromatic nitrogens is 1. The van der Waals surface area contributed by atoms with Gasteiger partial charge in [-0.3, -0.25) is 0 Å². The van der Waals surface area contributed by atoms with Crippen molar-refractivity contribution >= 4 is 11.3 Å². The van der Waals surface area contributed by atoms with Gasteiger partial charge in [0, 0.05) is 18.1 Å². The molecule has 0 bridgehead atoms. The number of aliphatic hydroxyl groups is 1. The van der Waals surface area contributed by atoms with Gasteiger partial charge in [0.2, 0.25) is 0 Å². The fraction of sp³-hybridized carbons (Fsp3) is 0.357. The van der Waals surface area contributed by atoms with Crippen molar-refractivity contribution in [2.75, 3.05) is 6.54 Å². The second-order valence-corrected chi connectivity index (χ2v) is 5.81. The molecule has 0 saturated heterocycles. The van der Waals surface area contributed by atoms with Gasteiger partial charge in [-0.2, -0.15) is 0 Å². The highest BCUT2D eigenvalue weighted by Crippen LogP contribution is 2.23. The van der Waals surface area contributed by atoms with Gasteiger partial charge in [-0.15, -0.1) is 11.3 Å². The Morgan fingerprint density at radius 2 is 2.05 bits per heavy atom. The molecule has 1 atom stereocenters. The van der Waals surface area contributed by atoms with E-state index in [4.69, 9.17) is 0 Å². The molecule has 1 aromatic carbocycles. The molecule has 0 aliphatic carbocycles. The minimum atomic E-state index is -0.667. The molecule has 0 radical (unpaired) electrons. The summed E-state index contributed by atoms with van der Waals surface area (Å²) in [5, 5.41) is 16.2. The van der Waals surface area contributed by atoms with E-state index in [0.29, 0.717) is 12.1 Å². The van der Waals surface area contributed by atoms with E-state index in [1.165, 1.54) is 12.1 Å². The highest BCUT2D eigenvalue weighted by atomic mass is 32.1.